The summed E-state index contributed by atoms with van der Waals surface area (Å²) in [4.78, 5) is 12.3. The summed E-state index contributed by atoms with van der Waals surface area (Å²) in [5, 5.41) is 13.5. The number of rotatable bonds is 8. The van der Waals surface area contributed by atoms with Crippen LogP contribution in [0.15, 0.2) is 52.0 Å². The number of hydrazone groups is 1. The highest BCUT2D eigenvalue weighted by atomic mass is 79.9. The minimum Gasteiger partial charge on any atom is -0.504 e. The fourth-order valence-electron chi connectivity index (χ4n) is 2.20. The molecule has 0 fully saturated rings. The van der Waals surface area contributed by atoms with Gasteiger partial charge in [0.2, 0.25) is 0 Å². The van der Waals surface area contributed by atoms with Gasteiger partial charge in [0.25, 0.3) is 5.91 Å². The Kier molecular flexibility index (Phi) is 7.47. The van der Waals surface area contributed by atoms with Crippen molar-refractivity contribution in [3.8, 4) is 17.2 Å². The first-order valence-electron chi connectivity index (χ1n) is 8.15. The molecule has 138 valence electrons. The number of carbonyl (C=O) groups excluding carboxylic acids is 1. The molecular weight excluding hydrogens is 400 g/mol. The summed E-state index contributed by atoms with van der Waals surface area (Å²) in [5.74, 6) is 0.674. The lowest BCUT2D eigenvalue weighted by Crippen LogP contribution is -2.35. The smallest absolute Gasteiger partial charge is 0.281 e. The van der Waals surface area contributed by atoms with Crippen molar-refractivity contribution >= 4 is 28.1 Å². The maximum Gasteiger partial charge on any atom is 0.281 e. The quantitative estimate of drug-likeness (QED) is 0.501. The Labute approximate surface area is 161 Å². The Morgan fingerprint density at radius 1 is 1.31 bits per heavy atom. The minimum atomic E-state index is -0.632. The monoisotopic (exact) mass is 420 g/mol. The first kappa shape index (κ1) is 19.8. The number of phenols is 1. The van der Waals surface area contributed by atoms with Crippen LogP contribution in [-0.4, -0.2) is 30.4 Å². The van der Waals surface area contributed by atoms with Crippen LogP contribution in [0.1, 0.15) is 25.3 Å². The molecule has 0 aliphatic heterocycles. The van der Waals surface area contributed by atoms with Crippen molar-refractivity contribution in [1.82, 2.24) is 5.43 Å². The number of amides is 1. The molecular formula is C19H21BrN2O4. The second kappa shape index (κ2) is 9.82. The molecule has 2 rings (SSSR count). The summed E-state index contributed by atoms with van der Waals surface area (Å²) in [7, 11) is 1.46. The third-order valence-electron chi connectivity index (χ3n) is 3.53. The first-order valence-corrected chi connectivity index (χ1v) is 8.95. The third kappa shape index (κ3) is 5.77. The van der Waals surface area contributed by atoms with Gasteiger partial charge in [0.05, 0.1) is 13.3 Å². The summed E-state index contributed by atoms with van der Waals surface area (Å²) in [6.07, 6.45) is 2.22. The Morgan fingerprint density at radius 3 is 2.69 bits per heavy atom. The van der Waals surface area contributed by atoms with Gasteiger partial charge in [-0.2, -0.15) is 5.10 Å². The van der Waals surface area contributed by atoms with Crippen molar-refractivity contribution < 1.29 is 19.4 Å². The van der Waals surface area contributed by atoms with E-state index in [-0.39, 0.29) is 11.7 Å². The predicted octanol–water partition coefficient (Wildman–Crippen LogP) is 3.86. The van der Waals surface area contributed by atoms with E-state index in [2.05, 4.69) is 26.5 Å². The lowest BCUT2D eigenvalue weighted by atomic mass is 10.2. The van der Waals surface area contributed by atoms with Gasteiger partial charge in [-0.1, -0.05) is 29.3 Å². The van der Waals surface area contributed by atoms with E-state index in [1.807, 2.05) is 19.1 Å². The second-order valence-electron chi connectivity index (χ2n) is 5.51. The zero-order valence-corrected chi connectivity index (χ0v) is 16.2. The van der Waals surface area contributed by atoms with Gasteiger partial charge in [-0.15, -0.1) is 0 Å². The average molecular weight is 421 g/mol. The first-order chi connectivity index (χ1) is 12.5. The average Bonchev–Trinajstić information content (AvgIpc) is 2.64. The molecule has 2 N–H and O–H groups in total. The number of nitrogens with zero attached hydrogens (tertiary/aromatic N) is 1. The van der Waals surface area contributed by atoms with Crippen LogP contribution in [0.5, 0.6) is 17.2 Å². The van der Waals surface area contributed by atoms with E-state index in [1.165, 1.54) is 19.4 Å². The van der Waals surface area contributed by atoms with E-state index in [4.69, 9.17) is 9.47 Å². The van der Waals surface area contributed by atoms with Crippen LogP contribution in [-0.2, 0) is 4.79 Å². The van der Waals surface area contributed by atoms with Crippen molar-refractivity contribution in [1.29, 1.82) is 0 Å². The molecule has 6 nitrogen and oxygen atoms in total. The van der Waals surface area contributed by atoms with Gasteiger partial charge in [-0.05, 0) is 54.4 Å². The molecule has 0 aliphatic rings. The molecule has 1 amide bonds. The summed E-state index contributed by atoms with van der Waals surface area (Å²) in [5.41, 5.74) is 3.17. The van der Waals surface area contributed by atoms with Crippen molar-refractivity contribution in [2.24, 2.45) is 5.10 Å². The Morgan fingerprint density at radius 2 is 2.04 bits per heavy atom. The van der Waals surface area contributed by atoms with Gasteiger partial charge >= 0.3 is 0 Å². The number of aromatic hydroxyl groups is 1. The van der Waals surface area contributed by atoms with Crippen molar-refractivity contribution in [3.63, 3.8) is 0 Å². The van der Waals surface area contributed by atoms with Crippen LogP contribution in [0.2, 0.25) is 0 Å². The van der Waals surface area contributed by atoms with Gasteiger partial charge in [-0.25, -0.2) is 5.43 Å². The zero-order valence-electron chi connectivity index (χ0n) is 14.6. The van der Waals surface area contributed by atoms with Crippen LogP contribution >= 0.6 is 15.9 Å². The number of halogens is 1. The summed E-state index contributed by atoms with van der Waals surface area (Å²) >= 11 is 3.36. The molecule has 0 spiro atoms. The number of nitrogens with one attached hydrogen (secondary N) is 1. The fourth-order valence-corrected chi connectivity index (χ4v) is 2.46. The number of hydrogen-bond donors (Lipinski definition) is 2. The Hall–Kier alpha value is -2.54. The van der Waals surface area contributed by atoms with Crippen LogP contribution in [0, 0.1) is 0 Å². The SMILES string of the molecule is CCC[C@H](Oc1ccc(Br)cc1)C(=O)N/N=C\c1ccc(O)c(OC)c1. The van der Waals surface area contributed by atoms with Gasteiger partial charge < -0.3 is 14.6 Å². The van der Waals surface area contributed by atoms with Crippen LogP contribution < -0.4 is 14.9 Å². The van der Waals surface area contributed by atoms with Crippen molar-refractivity contribution in [2.45, 2.75) is 25.9 Å². The van der Waals surface area contributed by atoms with Gasteiger partial charge in [-0.3, -0.25) is 4.79 Å². The summed E-state index contributed by atoms with van der Waals surface area (Å²) < 4.78 is 11.7. The summed E-state index contributed by atoms with van der Waals surface area (Å²) in [6.45, 7) is 1.98. The van der Waals surface area contributed by atoms with E-state index in [0.717, 1.165) is 10.9 Å². The molecule has 0 heterocycles. The number of carbonyl (C=O) groups is 1. The Balaban J connectivity index is 1.99. The fraction of sp³-hybridized carbons (Fsp3) is 0.263. The van der Waals surface area contributed by atoms with E-state index in [1.54, 1.807) is 24.3 Å². The highest BCUT2D eigenvalue weighted by molar-refractivity contribution is 9.10. The van der Waals surface area contributed by atoms with E-state index in [0.29, 0.717) is 23.5 Å². The van der Waals surface area contributed by atoms with E-state index < -0.39 is 6.10 Å². The van der Waals surface area contributed by atoms with Gasteiger partial charge in [0.1, 0.15) is 5.75 Å². The predicted molar refractivity (Wildman–Crippen MR) is 104 cm³/mol. The molecule has 2 aromatic rings. The highest BCUT2D eigenvalue weighted by Gasteiger charge is 2.19. The highest BCUT2D eigenvalue weighted by Crippen LogP contribution is 2.25. The topological polar surface area (TPSA) is 80.2 Å². The molecule has 26 heavy (non-hydrogen) atoms. The van der Waals surface area contributed by atoms with Gasteiger partial charge in [0, 0.05) is 4.47 Å². The normalized spacial score (nSPS) is 12.0. The van der Waals surface area contributed by atoms with Crippen molar-refractivity contribution in [3.05, 3.63) is 52.5 Å². The Bertz CT molecular complexity index is 763. The standard InChI is InChI=1S/C19H21BrN2O4/c1-3-4-17(26-15-8-6-14(20)7-9-15)19(24)22-21-12-13-5-10-16(23)18(11-13)25-2/h5-12,17,23H,3-4H2,1-2H3,(H,22,24)/b21-12-/t17-/m0/s1. The third-order valence-corrected chi connectivity index (χ3v) is 4.06. The minimum absolute atomic E-state index is 0.0413. The van der Waals surface area contributed by atoms with Crippen LogP contribution in [0.25, 0.3) is 0 Å². The van der Waals surface area contributed by atoms with Crippen molar-refractivity contribution in [2.75, 3.05) is 7.11 Å². The van der Waals surface area contributed by atoms with Crippen LogP contribution in [0.3, 0.4) is 0 Å². The maximum atomic E-state index is 12.3. The largest absolute Gasteiger partial charge is 0.504 e. The van der Waals surface area contributed by atoms with E-state index in [9.17, 15) is 9.90 Å². The number of phenolic OH excluding ortho intramolecular Hbond substituents is 1. The molecule has 2 aromatic carbocycles. The second-order valence-corrected chi connectivity index (χ2v) is 6.43. The molecule has 0 saturated carbocycles. The molecule has 0 aromatic heterocycles. The maximum absolute atomic E-state index is 12.3. The molecule has 0 aliphatic carbocycles. The number of hydrogen-bond acceptors (Lipinski definition) is 5. The number of ether oxygens (including phenoxy) is 2. The lowest BCUT2D eigenvalue weighted by molar-refractivity contribution is -0.128. The van der Waals surface area contributed by atoms with Gasteiger partial charge in [0.15, 0.2) is 17.6 Å². The molecule has 0 unspecified atom stereocenters. The molecule has 7 heteroatoms. The lowest BCUT2D eigenvalue weighted by Gasteiger charge is -2.16. The molecule has 1 atom stereocenters. The molecule has 0 radical (unpaired) electrons. The number of benzene rings is 2. The van der Waals surface area contributed by atoms with E-state index >= 15 is 0 Å². The summed E-state index contributed by atoms with van der Waals surface area (Å²) in [6, 6.07) is 12.1. The molecule has 0 saturated heterocycles. The number of methoxy groups -OCH3 is 1. The zero-order chi connectivity index (χ0) is 18.9. The molecule has 0 bridgehead atoms. The van der Waals surface area contributed by atoms with Crippen LogP contribution in [0.4, 0.5) is 0 Å².